The molecule has 2 rings (SSSR count). The SMILES string of the molecule is CC(C)CC(N=O)C1(c2ccc(Cl)cc2)CCC1. The molecule has 1 saturated carbocycles. The fourth-order valence-corrected chi connectivity index (χ4v) is 3.10. The number of benzene rings is 1. The summed E-state index contributed by atoms with van der Waals surface area (Å²) in [5.41, 5.74) is 1.19. The van der Waals surface area contributed by atoms with Crippen LogP contribution in [-0.4, -0.2) is 6.04 Å². The molecule has 0 saturated heterocycles. The van der Waals surface area contributed by atoms with E-state index in [0.717, 1.165) is 24.3 Å². The van der Waals surface area contributed by atoms with Crippen molar-refractivity contribution >= 4 is 11.6 Å². The Balaban J connectivity index is 2.29. The van der Waals surface area contributed by atoms with Crippen molar-refractivity contribution in [1.82, 2.24) is 0 Å². The number of rotatable bonds is 5. The number of halogens is 1. The molecule has 18 heavy (non-hydrogen) atoms. The van der Waals surface area contributed by atoms with Gasteiger partial charge in [0.2, 0.25) is 0 Å². The van der Waals surface area contributed by atoms with E-state index < -0.39 is 0 Å². The summed E-state index contributed by atoms with van der Waals surface area (Å²) in [4.78, 5) is 11.2. The van der Waals surface area contributed by atoms with E-state index in [0.29, 0.717) is 5.92 Å². The zero-order valence-corrected chi connectivity index (χ0v) is 11.8. The molecule has 0 N–H and O–H groups in total. The maximum Gasteiger partial charge on any atom is 0.102 e. The van der Waals surface area contributed by atoms with Crippen molar-refractivity contribution in [2.75, 3.05) is 0 Å². The zero-order valence-electron chi connectivity index (χ0n) is 11.0. The first-order valence-electron chi connectivity index (χ1n) is 6.67. The van der Waals surface area contributed by atoms with Gasteiger partial charge in [-0.3, -0.25) is 0 Å². The number of nitroso groups, excluding NO2 is 1. The standard InChI is InChI=1S/C15H20ClNO/c1-11(2)10-14(17-18)15(8-3-9-15)12-4-6-13(16)7-5-12/h4-7,11,14H,3,8-10H2,1-2H3. The van der Waals surface area contributed by atoms with Crippen LogP contribution in [0.2, 0.25) is 5.02 Å². The fraction of sp³-hybridized carbons (Fsp3) is 0.600. The van der Waals surface area contributed by atoms with Gasteiger partial charge in [-0.25, -0.2) is 0 Å². The van der Waals surface area contributed by atoms with Crippen LogP contribution in [0.4, 0.5) is 0 Å². The highest BCUT2D eigenvalue weighted by Crippen LogP contribution is 2.49. The molecule has 2 nitrogen and oxygen atoms in total. The Bertz CT molecular complexity index is 409. The molecule has 3 heteroatoms. The second-order valence-corrected chi connectivity index (χ2v) is 6.20. The summed E-state index contributed by atoms with van der Waals surface area (Å²) in [5.74, 6) is 0.498. The van der Waals surface area contributed by atoms with E-state index in [-0.39, 0.29) is 11.5 Å². The van der Waals surface area contributed by atoms with Crippen molar-refractivity contribution < 1.29 is 0 Å². The van der Waals surface area contributed by atoms with Crippen LogP contribution in [0.5, 0.6) is 0 Å². The number of hydrogen-bond acceptors (Lipinski definition) is 2. The molecular weight excluding hydrogens is 246 g/mol. The van der Waals surface area contributed by atoms with Crippen LogP contribution in [0.3, 0.4) is 0 Å². The van der Waals surface area contributed by atoms with Crippen LogP contribution < -0.4 is 0 Å². The molecule has 0 heterocycles. The first-order chi connectivity index (χ1) is 8.58. The highest BCUT2D eigenvalue weighted by atomic mass is 35.5. The minimum absolute atomic E-state index is 0.0311. The van der Waals surface area contributed by atoms with E-state index in [9.17, 15) is 4.91 Å². The summed E-state index contributed by atoms with van der Waals surface area (Å²) in [5, 5.41) is 4.18. The van der Waals surface area contributed by atoms with E-state index in [1.54, 1.807) is 0 Å². The second kappa shape index (κ2) is 5.40. The molecule has 0 bridgehead atoms. The lowest BCUT2D eigenvalue weighted by Gasteiger charge is -2.46. The van der Waals surface area contributed by atoms with E-state index >= 15 is 0 Å². The van der Waals surface area contributed by atoms with Gasteiger partial charge in [-0.05, 0) is 42.9 Å². The third kappa shape index (κ3) is 2.44. The lowest BCUT2D eigenvalue weighted by molar-refractivity contribution is 0.178. The average molecular weight is 266 g/mol. The third-order valence-electron chi connectivity index (χ3n) is 4.12. The normalized spacial score (nSPS) is 19.3. The van der Waals surface area contributed by atoms with Gasteiger partial charge in [0.25, 0.3) is 0 Å². The molecule has 1 unspecified atom stereocenters. The fourth-order valence-electron chi connectivity index (χ4n) is 2.97. The largest absolute Gasteiger partial charge is 0.150 e. The van der Waals surface area contributed by atoms with Crippen LogP contribution >= 0.6 is 11.6 Å². The van der Waals surface area contributed by atoms with Gasteiger partial charge in [0.05, 0.1) is 0 Å². The highest BCUT2D eigenvalue weighted by molar-refractivity contribution is 6.30. The predicted octanol–water partition coefficient (Wildman–Crippen LogP) is 4.94. The topological polar surface area (TPSA) is 29.4 Å². The van der Waals surface area contributed by atoms with Crippen LogP contribution in [0.1, 0.15) is 45.1 Å². The van der Waals surface area contributed by atoms with Crippen molar-refractivity contribution in [2.45, 2.75) is 51.0 Å². The molecule has 0 aromatic heterocycles. The summed E-state index contributed by atoms with van der Waals surface area (Å²) in [6.07, 6.45) is 4.19. The molecular formula is C15H20ClNO. The highest BCUT2D eigenvalue weighted by Gasteiger charge is 2.46. The third-order valence-corrected chi connectivity index (χ3v) is 4.38. The Morgan fingerprint density at radius 1 is 1.28 bits per heavy atom. The molecule has 1 aromatic rings. The van der Waals surface area contributed by atoms with E-state index in [2.05, 4.69) is 31.2 Å². The van der Waals surface area contributed by atoms with Crippen molar-refractivity contribution in [3.05, 3.63) is 39.8 Å². The maximum absolute atomic E-state index is 11.2. The summed E-state index contributed by atoms with van der Waals surface area (Å²) in [6.45, 7) is 4.29. The summed E-state index contributed by atoms with van der Waals surface area (Å²) in [7, 11) is 0. The molecule has 1 fully saturated rings. The lowest BCUT2D eigenvalue weighted by atomic mass is 9.59. The molecule has 0 spiro atoms. The predicted molar refractivity (Wildman–Crippen MR) is 76.0 cm³/mol. The van der Waals surface area contributed by atoms with Crippen molar-refractivity contribution in [1.29, 1.82) is 0 Å². The van der Waals surface area contributed by atoms with Crippen LogP contribution in [0.25, 0.3) is 0 Å². The summed E-state index contributed by atoms with van der Waals surface area (Å²) in [6, 6.07) is 7.83. The minimum atomic E-state index is -0.104. The Morgan fingerprint density at radius 3 is 2.28 bits per heavy atom. The molecule has 0 aliphatic heterocycles. The van der Waals surface area contributed by atoms with E-state index in [1.807, 2.05) is 12.1 Å². The van der Waals surface area contributed by atoms with Crippen molar-refractivity contribution in [2.24, 2.45) is 11.1 Å². The Hall–Kier alpha value is -0.890. The van der Waals surface area contributed by atoms with Gasteiger partial charge in [-0.15, -0.1) is 0 Å². The van der Waals surface area contributed by atoms with Crippen molar-refractivity contribution in [3.63, 3.8) is 0 Å². The van der Waals surface area contributed by atoms with Crippen LogP contribution in [0.15, 0.2) is 29.4 Å². The van der Waals surface area contributed by atoms with Crippen LogP contribution in [-0.2, 0) is 5.41 Å². The zero-order chi connectivity index (χ0) is 13.2. The molecule has 0 radical (unpaired) electrons. The molecule has 98 valence electrons. The van der Waals surface area contributed by atoms with E-state index in [1.165, 1.54) is 12.0 Å². The van der Waals surface area contributed by atoms with Crippen molar-refractivity contribution in [3.8, 4) is 0 Å². The first kappa shape index (κ1) is 13.5. The first-order valence-corrected chi connectivity index (χ1v) is 7.05. The number of hydrogen-bond donors (Lipinski definition) is 0. The van der Waals surface area contributed by atoms with Gasteiger partial charge in [0, 0.05) is 10.4 Å². The summed E-state index contributed by atoms with van der Waals surface area (Å²) >= 11 is 5.94. The van der Waals surface area contributed by atoms with Gasteiger partial charge in [-0.2, -0.15) is 4.91 Å². The monoisotopic (exact) mass is 265 g/mol. The molecule has 1 atom stereocenters. The molecule has 1 aliphatic carbocycles. The van der Waals surface area contributed by atoms with Gasteiger partial charge in [-0.1, -0.05) is 49.2 Å². The second-order valence-electron chi connectivity index (χ2n) is 5.77. The number of nitrogens with zero attached hydrogens (tertiary/aromatic N) is 1. The Kier molecular flexibility index (Phi) is 4.06. The van der Waals surface area contributed by atoms with Gasteiger partial charge in [0.15, 0.2) is 0 Å². The Morgan fingerprint density at radius 2 is 1.89 bits per heavy atom. The maximum atomic E-state index is 11.2. The summed E-state index contributed by atoms with van der Waals surface area (Å²) < 4.78 is 0. The molecule has 1 aliphatic rings. The Labute approximate surface area is 114 Å². The van der Waals surface area contributed by atoms with E-state index in [4.69, 9.17) is 11.6 Å². The average Bonchev–Trinajstić information content (AvgIpc) is 2.28. The molecule has 0 amide bonds. The van der Waals surface area contributed by atoms with Gasteiger partial charge >= 0.3 is 0 Å². The van der Waals surface area contributed by atoms with Crippen LogP contribution in [0, 0.1) is 10.8 Å². The minimum Gasteiger partial charge on any atom is -0.150 e. The lowest BCUT2D eigenvalue weighted by Crippen LogP contribution is -2.45. The van der Waals surface area contributed by atoms with Gasteiger partial charge in [0.1, 0.15) is 6.04 Å². The quantitative estimate of drug-likeness (QED) is 0.693. The smallest absolute Gasteiger partial charge is 0.102 e. The molecule has 1 aromatic carbocycles. The van der Waals surface area contributed by atoms with Gasteiger partial charge < -0.3 is 0 Å².